The van der Waals surface area contributed by atoms with Crippen molar-refractivity contribution in [3.05, 3.63) is 45.8 Å². The molecule has 0 saturated carbocycles. The molecular weight excluding hydrogens is 623 g/mol. The van der Waals surface area contributed by atoms with Gasteiger partial charge in [-0.15, -0.1) is 11.3 Å². The average molecular weight is 684 g/mol. The van der Waals surface area contributed by atoms with Gasteiger partial charge >= 0.3 is 5.97 Å². The van der Waals surface area contributed by atoms with Crippen molar-refractivity contribution < 1.29 is 27.1 Å². The molecule has 1 aromatic heterocycles. The van der Waals surface area contributed by atoms with E-state index in [9.17, 15) is 13.2 Å². The molecule has 2 aromatic rings. The molecule has 7 nitrogen and oxygen atoms in total. The maximum atomic E-state index is 12.1. The maximum Gasteiger partial charge on any atom is 0.303 e. The normalized spacial score (nSPS) is 14.0. The van der Waals surface area contributed by atoms with Crippen molar-refractivity contribution >= 4 is 35.6 Å². The molecule has 0 bridgehead atoms. The van der Waals surface area contributed by atoms with E-state index < -0.39 is 18.3 Å². The molecule has 2 rings (SSSR count). The van der Waals surface area contributed by atoms with E-state index in [0.717, 1.165) is 34.6 Å². The number of rotatable bonds is 10. The third kappa shape index (κ3) is 11.5. The predicted molar refractivity (Wildman–Crippen MR) is 192 cm³/mol. The average Bonchev–Trinajstić information content (AvgIpc) is 3.23. The van der Waals surface area contributed by atoms with Crippen LogP contribution in [0.5, 0.6) is 5.75 Å². The van der Waals surface area contributed by atoms with Crippen LogP contribution in [0.2, 0.25) is 18.1 Å². The van der Waals surface area contributed by atoms with E-state index in [1.807, 2.05) is 33.8 Å². The van der Waals surface area contributed by atoms with Gasteiger partial charge in [-0.2, -0.15) is 0 Å². The minimum atomic E-state index is -3.75. The van der Waals surface area contributed by atoms with Gasteiger partial charge in [0.25, 0.3) is 0 Å². The van der Waals surface area contributed by atoms with Crippen molar-refractivity contribution in [1.29, 1.82) is 0 Å². The molecule has 1 unspecified atom stereocenters. The van der Waals surface area contributed by atoms with Gasteiger partial charge in [0, 0.05) is 17.2 Å². The van der Waals surface area contributed by atoms with E-state index in [1.54, 1.807) is 0 Å². The summed E-state index contributed by atoms with van der Waals surface area (Å²) in [6.45, 7) is 33.6. The highest BCUT2D eigenvalue weighted by atomic mass is 32.2. The first-order chi connectivity index (χ1) is 20.1. The zero-order valence-corrected chi connectivity index (χ0v) is 33.5. The first-order valence-corrected chi connectivity index (χ1v) is 21.1. The monoisotopic (exact) mass is 683 g/mol. The lowest BCUT2D eigenvalue weighted by molar-refractivity contribution is -0.151. The van der Waals surface area contributed by atoms with Crippen LogP contribution in [0.1, 0.15) is 117 Å². The highest BCUT2D eigenvalue weighted by molar-refractivity contribution is 7.91. The Kier molecular flexibility index (Phi) is 13.8. The molecule has 1 heterocycles. The van der Waals surface area contributed by atoms with Crippen LogP contribution in [0.3, 0.4) is 0 Å². The van der Waals surface area contributed by atoms with Crippen LogP contribution in [-0.4, -0.2) is 41.0 Å². The molecule has 0 spiro atoms. The fraction of sp³-hybridized carbons (Fsp3) is 0.686. The summed E-state index contributed by atoms with van der Waals surface area (Å²) < 4.78 is 42.5. The molecular formula is C35H61NO6S2Si. The Morgan fingerprint density at radius 1 is 0.933 bits per heavy atom. The van der Waals surface area contributed by atoms with Gasteiger partial charge in [-0.25, -0.2) is 13.6 Å². The highest BCUT2D eigenvalue weighted by Crippen LogP contribution is 2.45. The Balaban J connectivity index is 0.00000111. The molecule has 2 N–H and O–H groups in total. The number of benzene rings is 1. The minimum Gasteiger partial charge on any atom is -0.491 e. The van der Waals surface area contributed by atoms with Gasteiger partial charge in [0.1, 0.15) is 22.2 Å². The summed E-state index contributed by atoms with van der Waals surface area (Å²) in [7, 11) is -5.70. The highest BCUT2D eigenvalue weighted by Gasteiger charge is 2.42. The van der Waals surface area contributed by atoms with Crippen LogP contribution in [0.25, 0.3) is 0 Å². The fourth-order valence-electron chi connectivity index (χ4n) is 4.83. The van der Waals surface area contributed by atoms with Crippen molar-refractivity contribution in [2.75, 3.05) is 6.61 Å². The molecule has 0 aliphatic rings. The number of carbonyl (C=O) groups is 1. The van der Waals surface area contributed by atoms with E-state index in [4.69, 9.17) is 19.0 Å². The van der Waals surface area contributed by atoms with Crippen molar-refractivity contribution in [3.8, 4) is 5.75 Å². The molecule has 258 valence electrons. The molecule has 10 heteroatoms. The van der Waals surface area contributed by atoms with E-state index >= 15 is 0 Å². The lowest BCUT2D eigenvalue weighted by Crippen LogP contribution is -2.49. The van der Waals surface area contributed by atoms with Crippen molar-refractivity contribution in [2.45, 2.75) is 149 Å². The molecule has 0 saturated heterocycles. The SMILES string of the molecule is CC(=O)OC(C)(C)C.CCC(CC)(c1ccc(OCC(O[Si](C)(C)C(C)(C)C)C(C)(C)C)c(C)c1)c1cc(C)c(S(N)(=O)=O)s1. The Hall–Kier alpha value is -1.72. The summed E-state index contributed by atoms with van der Waals surface area (Å²) in [5, 5.41) is 5.61. The number of hydrogen-bond donors (Lipinski definition) is 1. The Bertz CT molecular complexity index is 1390. The third-order valence-electron chi connectivity index (χ3n) is 8.59. The fourth-order valence-corrected chi connectivity index (χ4v) is 8.82. The number of esters is 1. The molecule has 1 atom stereocenters. The Labute approximate surface area is 279 Å². The summed E-state index contributed by atoms with van der Waals surface area (Å²) in [5.41, 5.74) is 2.26. The number of primary sulfonamides is 1. The second-order valence-electron chi connectivity index (χ2n) is 15.6. The number of nitrogens with two attached hydrogens (primary N) is 1. The van der Waals surface area contributed by atoms with E-state index in [1.165, 1.54) is 18.3 Å². The number of carbonyl (C=O) groups excluding carboxylic acids is 1. The van der Waals surface area contributed by atoms with Crippen LogP contribution in [-0.2, 0) is 29.4 Å². The van der Waals surface area contributed by atoms with Gasteiger partial charge in [0.15, 0.2) is 8.32 Å². The van der Waals surface area contributed by atoms with Crippen molar-refractivity contribution in [1.82, 2.24) is 0 Å². The Morgan fingerprint density at radius 2 is 1.47 bits per heavy atom. The van der Waals surface area contributed by atoms with Crippen LogP contribution < -0.4 is 9.88 Å². The standard InChI is InChI=1S/C29H49NO4S2Si.C6H12O2/c1-13-29(14-2,25-18-21(4)26(35-25)36(30,31)32)22-15-16-23(20(3)17-22)33-19-24(27(5,6)7)34-37(11,12)28(8,9)10;1-5(7)8-6(2,3)4/h15-18,24H,13-14,19H2,1-12H3,(H2,30,31,32);1-4H3. The zero-order chi connectivity index (χ0) is 35.4. The molecule has 1 aromatic carbocycles. The summed E-state index contributed by atoms with van der Waals surface area (Å²) in [5.74, 6) is 0.628. The molecule has 0 aliphatic carbocycles. The van der Waals surface area contributed by atoms with Gasteiger partial charge in [-0.1, -0.05) is 67.5 Å². The van der Waals surface area contributed by atoms with Gasteiger partial charge in [0.05, 0.1) is 6.10 Å². The lowest BCUT2D eigenvalue weighted by atomic mass is 9.74. The third-order valence-corrected chi connectivity index (χ3v) is 16.1. The van der Waals surface area contributed by atoms with E-state index in [0.29, 0.717) is 12.2 Å². The second kappa shape index (κ2) is 15.0. The van der Waals surface area contributed by atoms with E-state index in [2.05, 4.69) is 93.6 Å². The molecule has 0 amide bonds. The minimum absolute atomic E-state index is 0.0245. The quantitative estimate of drug-likeness (QED) is 0.198. The van der Waals surface area contributed by atoms with Crippen LogP contribution in [0.15, 0.2) is 28.5 Å². The van der Waals surface area contributed by atoms with Crippen LogP contribution in [0.4, 0.5) is 0 Å². The summed E-state index contributed by atoms with van der Waals surface area (Å²) in [4.78, 5) is 11.3. The first-order valence-electron chi connectivity index (χ1n) is 15.9. The van der Waals surface area contributed by atoms with Crippen molar-refractivity contribution in [3.63, 3.8) is 0 Å². The summed E-state index contributed by atoms with van der Waals surface area (Å²) in [6.07, 6.45) is 1.67. The smallest absolute Gasteiger partial charge is 0.303 e. The number of aryl methyl sites for hydroxylation is 2. The predicted octanol–water partition coefficient (Wildman–Crippen LogP) is 9.28. The molecule has 45 heavy (non-hydrogen) atoms. The zero-order valence-electron chi connectivity index (χ0n) is 30.9. The largest absolute Gasteiger partial charge is 0.491 e. The summed E-state index contributed by atoms with van der Waals surface area (Å²) >= 11 is 1.29. The first kappa shape index (κ1) is 41.3. The van der Waals surface area contributed by atoms with Crippen molar-refractivity contribution in [2.24, 2.45) is 10.6 Å². The van der Waals surface area contributed by atoms with Gasteiger partial charge in [0.2, 0.25) is 10.0 Å². The molecule has 0 fully saturated rings. The number of ether oxygens (including phenoxy) is 2. The number of thiophene rings is 1. The van der Waals surface area contributed by atoms with Crippen LogP contribution >= 0.6 is 11.3 Å². The number of sulfonamides is 1. The van der Waals surface area contributed by atoms with Crippen LogP contribution in [0, 0.1) is 19.3 Å². The molecule has 0 radical (unpaired) electrons. The van der Waals surface area contributed by atoms with E-state index in [-0.39, 0.29) is 37.8 Å². The lowest BCUT2D eigenvalue weighted by Gasteiger charge is -2.43. The number of hydrogen-bond acceptors (Lipinski definition) is 7. The van der Waals surface area contributed by atoms with Gasteiger partial charge < -0.3 is 13.9 Å². The van der Waals surface area contributed by atoms with Gasteiger partial charge in [-0.3, -0.25) is 4.79 Å². The van der Waals surface area contributed by atoms with Gasteiger partial charge in [-0.05, 0) is 99.8 Å². The Morgan fingerprint density at radius 3 is 1.80 bits per heavy atom. The second-order valence-corrected chi connectivity index (χ2v) is 23.2. The maximum absolute atomic E-state index is 12.1. The summed E-state index contributed by atoms with van der Waals surface area (Å²) in [6, 6.07) is 8.36. The topological polar surface area (TPSA) is 105 Å². The molecule has 0 aliphatic heterocycles.